The predicted octanol–water partition coefficient (Wildman–Crippen LogP) is 4.52. The van der Waals surface area contributed by atoms with Crippen LogP contribution in [-0.2, 0) is 6.66 Å². The van der Waals surface area contributed by atoms with Crippen LogP contribution in [0.15, 0.2) is 42.2 Å². The second-order valence-corrected chi connectivity index (χ2v) is 6.26. The molecule has 1 heterocycles. The van der Waals surface area contributed by atoms with Crippen LogP contribution < -0.4 is 0 Å². The molecule has 0 aliphatic heterocycles. The van der Waals surface area contributed by atoms with Crippen LogP contribution in [0.4, 0.5) is 0 Å². The Morgan fingerprint density at radius 2 is 1.81 bits per heavy atom. The van der Waals surface area contributed by atoms with Gasteiger partial charge in [0.2, 0.25) is 0 Å². The molecule has 0 saturated carbocycles. The largest absolute Gasteiger partial charge is 0.123 e. The van der Waals surface area contributed by atoms with E-state index in [0.717, 1.165) is 0 Å². The van der Waals surface area contributed by atoms with Crippen molar-refractivity contribution in [2.45, 2.75) is 6.92 Å². The number of allylic oxidation sites excluding steroid dienone is 1. The molecule has 0 bridgehead atoms. The highest BCUT2D eigenvalue weighted by atomic mass is 31.1. The summed E-state index contributed by atoms with van der Waals surface area (Å²) in [6, 6.07) is 10.9. The Morgan fingerprint density at radius 1 is 1.00 bits per heavy atom. The number of rotatable bonds is 1. The van der Waals surface area contributed by atoms with E-state index in [4.69, 9.17) is 0 Å². The highest BCUT2D eigenvalue weighted by Crippen LogP contribution is 2.45. The zero-order valence-electron chi connectivity index (χ0n) is 9.57. The first-order valence-electron chi connectivity index (χ1n) is 5.54. The lowest BCUT2D eigenvalue weighted by Gasteiger charge is -2.12. The minimum Gasteiger partial charge on any atom is -0.123 e. The van der Waals surface area contributed by atoms with Crippen LogP contribution in [0.1, 0.15) is 22.0 Å². The Hall–Kier alpha value is -1.26. The lowest BCUT2D eigenvalue weighted by molar-refractivity contribution is 1.32. The van der Waals surface area contributed by atoms with Crippen molar-refractivity contribution in [3.05, 3.63) is 70.1 Å². The predicted molar refractivity (Wildman–Crippen MR) is 71.8 cm³/mol. The van der Waals surface area contributed by atoms with Crippen LogP contribution in [0.2, 0.25) is 0 Å². The molecule has 2 aromatic rings. The van der Waals surface area contributed by atoms with E-state index in [1.165, 1.54) is 22.6 Å². The van der Waals surface area contributed by atoms with Gasteiger partial charge >= 0.3 is 0 Å². The summed E-state index contributed by atoms with van der Waals surface area (Å²) in [5.74, 6) is 3.79. The summed E-state index contributed by atoms with van der Waals surface area (Å²) in [5.41, 5.74) is 4.19. The Labute approximate surface area is 97.7 Å². The number of hydrogen-bond donors (Lipinski definition) is 0. The van der Waals surface area contributed by atoms with Gasteiger partial charge in [-0.25, -0.2) is 0 Å². The molecule has 16 heavy (non-hydrogen) atoms. The molecule has 1 aromatic heterocycles. The van der Waals surface area contributed by atoms with Gasteiger partial charge < -0.3 is 0 Å². The van der Waals surface area contributed by atoms with Gasteiger partial charge in [-0.05, 0) is 41.4 Å². The minimum atomic E-state index is -0.0925. The zero-order valence-corrected chi connectivity index (χ0v) is 10.5. The van der Waals surface area contributed by atoms with Crippen molar-refractivity contribution in [3.8, 4) is 0 Å². The first-order chi connectivity index (χ1) is 7.77. The Balaban J connectivity index is 2.15. The average Bonchev–Trinajstić information content (AvgIpc) is 2.83. The van der Waals surface area contributed by atoms with Crippen LogP contribution >= 0.6 is 7.53 Å². The fourth-order valence-electron chi connectivity index (χ4n) is 2.41. The van der Waals surface area contributed by atoms with Crippen molar-refractivity contribution >= 4 is 13.6 Å². The van der Waals surface area contributed by atoms with Gasteiger partial charge in [-0.2, -0.15) is 0 Å². The van der Waals surface area contributed by atoms with Crippen molar-refractivity contribution in [2.75, 3.05) is 0 Å². The molecule has 1 aromatic carbocycles. The Kier molecular flexibility index (Phi) is 2.26. The molecule has 1 atom stereocenters. The number of fused-ring (bicyclic) bond motifs is 1. The van der Waals surface area contributed by atoms with Gasteiger partial charge in [0.25, 0.3) is 0 Å². The second kappa shape index (κ2) is 3.64. The lowest BCUT2D eigenvalue weighted by Crippen LogP contribution is -1.96. The van der Waals surface area contributed by atoms with Crippen molar-refractivity contribution in [1.29, 1.82) is 0 Å². The SMILES string of the molecule is Cc1ccp(C)c1[C]1C=Cc2ccccc21. The van der Waals surface area contributed by atoms with E-state index in [0.29, 0.717) is 0 Å². The smallest absolute Gasteiger partial charge is 0.0606 e. The maximum atomic E-state index is 2.35. The molecule has 79 valence electrons. The molecule has 1 heteroatoms. The Bertz CT molecular complexity index is 541. The first-order valence-corrected chi connectivity index (χ1v) is 7.40. The normalized spacial score (nSPS) is 15.5. The molecule has 1 radical (unpaired) electrons. The van der Waals surface area contributed by atoms with Crippen molar-refractivity contribution in [1.82, 2.24) is 0 Å². The van der Waals surface area contributed by atoms with E-state index >= 15 is 0 Å². The standard InChI is InChI=1S/C15H14P/c1-11-9-10-16(2)15(11)14-8-7-12-5-3-4-6-13(12)14/h3-10H,1-2H3. The highest BCUT2D eigenvalue weighted by molar-refractivity contribution is 7.48. The van der Waals surface area contributed by atoms with E-state index in [1.807, 2.05) is 0 Å². The molecule has 0 fully saturated rings. The maximum Gasteiger partial charge on any atom is 0.0606 e. The minimum absolute atomic E-state index is 0.0925. The van der Waals surface area contributed by atoms with Gasteiger partial charge in [-0.3, -0.25) is 0 Å². The topological polar surface area (TPSA) is 0 Å². The number of benzene rings is 1. The van der Waals surface area contributed by atoms with Crippen molar-refractivity contribution in [2.24, 2.45) is 6.66 Å². The highest BCUT2D eigenvalue weighted by Gasteiger charge is 2.22. The van der Waals surface area contributed by atoms with Crippen molar-refractivity contribution < 1.29 is 0 Å². The van der Waals surface area contributed by atoms with Gasteiger partial charge in [0.1, 0.15) is 0 Å². The van der Waals surface area contributed by atoms with Crippen LogP contribution in [0.5, 0.6) is 0 Å². The summed E-state index contributed by atoms with van der Waals surface area (Å²) in [6.45, 7) is 4.55. The van der Waals surface area contributed by atoms with E-state index in [2.05, 4.69) is 61.9 Å². The van der Waals surface area contributed by atoms with E-state index in [-0.39, 0.29) is 7.53 Å². The van der Waals surface area contributed by atoms with Gasteiger partial charge in [0.05, 0.1) is 5.92 Å². The molecule has 0 spiro atoms. The van der Waals surface area contributed by atoms with Crippen molar-refractivity contribution in [3.63, 3.8) is 0 Å². The fraction of sp³-hybridized carbons (Fsp3) is 0.133. The number of hydrogen-bond acceptors (Lipinski definition) is 0. The molecule has 0 amide bonds. The van der Waals surface area contributed by atoms with E-state index in [9.17, 15) is 0 Å². The van der Waals surface area contributed by atoms with Gasteiger partial charge in [0, 0.05) is 0 Å². The van der Waals surface area contributed by atoms with Crippen LogP contribution in [-0.4, -0.2) is 0 Å². The first kappa shape index (κ1) is 9.93. The maximum absolute atomic E-state index is 2.35. The molecule has 0 saturated heterocycles. The summed E-state index contributed by atoms with van der Waals surface area (Å²) >= 11 is 0. The third kappa shape index (κ3) is 1.37. The fourth-order valence-corrected chi connectivity index (χ4v) is 4.22. The molecule has 1 unspecified atom stereocenters. The molecule has 0 N–H and O–H groups in total. The summed E-state index contributed by atoms with van der Waals surface area (Å²) in [6.07, 6.45) is 4.50. The Morgan fingerprint density at radius 3 is 2.56 bits per heavy atom. The van der Waals surface area contributed by atoms with Gasteiger partial charge in [0.15, 0.2) is 0 Å². The van der Waals surface area contributed by atoms with Crippen LogP contribution in [0, 0.1) is 12.8 Å². The third-order valence-corrected chi connectivity index (χ3v) is 5.11. The van der Waals surface area contributed by atoms with E-state index in [1.54, 1.807) is 5.30 Å². The lowest BCUT2D eigenvalue weighted by atomic mass is 9.97. The summed E-state index contributed by atoms with van der Waals surface area (Å²) in [4.78, 5) is 0. The molecular weight excluding hydrogens is 211 g/mol. The van der Waals surface area contributed by atoms with Gasteiger partial charge in [-0.1, -0.05) is 42.5 Å². The van der Waals surface area contributed by atoms with E-state index < -0.39 is 0 Å². The molecule has 0 nitrogen and oxygen atoms in total. The summed E-state index contributed by atoms with van der Waals surface area (Å²) < 4.78 is 0. The molecule has 1 aliphatic rings. The van der Waals surface area contributed by atoms with Crippen LogP contribution in [0.3, 0.4) is 0 Å². The number of aryl methyl sites for hydroxylation is 2. The van der Waals surface area contributed by atoms with Gasteiger partial charge in [-0.15, -0.1) is 7.53 Å². The molecule has 3 rings (SSSR count). The monoisotopic (exact) mass is 225 g/mol. The summed E-state index contributed by atoms with van der Waals surface area (Å²) in [5, 5.41) is 1.55. The average molecular weight is 225 g/mol. The quantitative estimate of drug-likeness (QED) is 0.669. The second-order valence-electron chi connectivity index (χ2n) is 4.29. The zero-order chi connectivity index (χ0) is 11.1. The molecule has 1 aliphatic carbocycles. The third-order valence-electron chi connectivity index (χ3n) is 3.21. The van der Waals surface area contributed by atoms with Crippen LogP contribution in [0.25, 0.3) is 6.08 Å². The summed E-state index contributed by atoms with van der Waals surface area (Å²) in [7, 11) is -0.0925. The molecular formula is C15H14P.